The molecule has 21 heavy (non-hydrogen) atoms. The summed E-state index contributed by atoms with van der Waals surface area (Å²) in [7, 11) is 2.99. The third kappa shape index (κ3) is 4.36. The first kappa shape index (κ1) is 16.1. The maximum atomic E-state index is 13.0. The highest BCUT2D eigenvalue weighted by atomic mass is 127. The van der Waals surface area contributed by atoms with E-state index in [-0.39, 0.29) is 5.82 Å². The minimum absolute atomic E-state index is 0.297. The minimum Gasteiger partial charge on any atom is -0.474 e. The molecule has 0 aliphatic rings. The third-order valence-electron chi connectivity index (χ3n) is 2.55. The Labute approximate surface area is 138 Å². The first-order valence-corrected chi connectivity index (χ1v) is 9.36. The smallest absolute Gasteiger partial charge is 0.233 e. The molecule has 0 N–H and O–H groups in total. The van der Waals surface area contributed by atoms with E-state index in [1.807, 2.05) is 0 Å². The summed E-state index contributed by atoms with van der Waals surface area (Å²) in [4.78, 5) is 0. The van der Waals surface area contributed by atoms with Crippen LogP contribution in [-0.4, -0.2) is 30.1 Å². The topological polar surface area (TPSA) is 36.3 Å². The van der Waals surface area contributed by atoms with Gasteiger partial charge in [0.15, 0.2) is 0 Å². The number of aromatic nitrogens is 2. The van der Waals surface area contributed by atoms with E-state index >= 15 is 0 Å². The van der Waals surface area contributed by atoms with Crippen LogP contribution in [0.25, 0.3) is 5.69 Å². The Morgan fingerprint density at radius 3 is 2.76 bits per heavy atom. The normalized spacial score (nSPS) is 10.0. The van der Waals surface area contributed by atoms with Gasteiger partial charge in [0.1, 0.15) is 18.0 Å². The molecule has 0 bridgehead atoms. The van der Waals surface area contributed by atoms with Gasteiger partial charge in [0.25, 0.3) is 0 Å². The molecule has 0 radical (unpaired) electrons. The molecule has 1 aromatic heterocycles. The van der Waals surface area contributed by atoms with Gasteiger partial charge in [-0.3, -0.25) is 0 Å². The molecule has 2 aromatic rings. The second kappa shape index (κ2) is 8.26. The summed E-state index contributed by atoms with van der Waals surface area (Å²) in [5.41, 5.74) is 1.39. The Bertz CT molecular complexity index is 649. The van der Waals surface area contributed by atoms with Gasteiger partial charge in [-0.2, -0.15) is 9.78 Å². The molecule has 0 amide bonds. The largest absolute Gasteiger partial charge is 0.474 e. The van der Waals surface area contributed by atoms with Gasteiger partial charge in [0.05, 0.1) is 18.5 Å². The molecule has 0 fully saturated rings. The van der Waals surface area contributed by atoms with E-state index < -0.39 is 0 Å². The van der Waals surface area contributed by atoms with E-state index in [1.165, 1.54) is 21.1 Å². The first-order valence-electron chi connectivity index (χ1n) is 6.00. The average molecular weight is 418 g/mol. The van der Waals surface area contributed by atoms with Gasteiger partial charge >= 0.3 is 0 Å². The van der Waals surface area contributed by atoms with E-state index in [0.29, 0.717) is 30.3 Å². The van der Waals surface area contributed by atoms with Crippen molar-refractivity contribution in [3.05, 3.63) is 41.8 Å². The zero-order valence-electron chi connectivity index (χ0n) is 11.2. The van der Waals surface area contributed by atoms with Crippen molar-refractivity contribution >= 4 is 30.1 Å². The van der Waals surface area contributed by atoms with E-state index in [2.05, 4.69) is 37.5 Å². The highest BCUT2D eigenvalue weighted by Crippen LogP contribution is 2.23. The lowest BCUT2D eigenvalue weighted by Crippen LogP contribution is -2.09. The molecule has 110 valence electrons. The number of halogens is 2. The molecule has 0 aliphatic heterocycles. The van der Waals surface area contributed by atoms with Crippen LogP contribution in [0.15, 0.2) is 30.5 Å². The SMILES string of the molecule is COCCOc1c(C#CSI)cnn1-c1ccc(F)cc1. The number of benzene rings is 1. The highest BCUT2D eigenvalue weighted by molar-refractivity contribution is 14.2. The zero-order valence-corrected chi connectivity index (χ0v) is 14.2. The monoisotopic (exact) mass is 418 g/mol. The summed E-state index contributed by atoms with van der Waals surface area (Å²) >= 11 is 2.10. The van der Waals surface area contributed by atoms with Crippen molar-refractivity contribution < 1.29 is 13.9 Å². The second-order valence-corrected chi connectivity index (χ2v) is 5.58. The van der Waals surface area contributed by atoms with Gasteiger partial charge in [-0.1, -0.05) is 0 Å². The number of ether oxygens (including phenoxy) is 2. The lowest BCUT2D eigenvalue weighted by Gasteiger charge is -2.09. The number of rotatable bonds is 5. The van der Waals surface area contributed by atoms with Crippen molar-refractivity contribution in [2.45, 2.75) is 0 Å². The van der Waals surface area contributed by atoms with E-state index in [9.17, 15) is 4.39 Å². The fourth-order valence-corrected chi connectivity index (χ4v) is 2.10. The van der Waals surface area contributed by atoms with Crippen molar-refractivity contribution in [3.8, 4) is 22.7 Å². The van der Waals surface area contributed by atoms with Crippen LogP contribution < -0.4 is 4.74 Å². The van der Waals surface area contributed by atoms with Crippen LogP contribution in [0.3, 0.4) is 0 Å². The van der Waals surface area contributed by atoms with Gasteiger partial charge in [-0.15, -0.1) is 0 Å². The molecular formula is C14H12FIN2O2S. The molecule has 1 heterocycles. The summed E-state index contributed by atoms with van der Waals surface area (Å²) in [6.45, 7) is 0.845. The molecular weight excluding hydrogens is 406 g/mol. The zero-order chi connectivity index (χ0) is 15.1. The van der Waals surface area contributed by atoms with Gasteiger partial charge in [-0.25, -0.2) is 4.39 Å². The van der Waals surface area contributed by atoms with Crippen molar-refractivity contribution in [1.82, 2.24) is 9.78 Å². The summed E-state index contributed by atoms with van der Waals surface area (Å²) < 4.78 is 25.3. The van der Waals surface area contributed by atoms with Gasteiger partial charge < -0.3 is 9.47 Å². The number of hydrogen-bond acceptors (Lipinski definition) is 4. The Morgan fingerprint density at radius 1 is 1.33 bits per heavy atom. The second-order valence-electron chi connectivity index (χ2n) is 3.90. The van der Waals surface area contributed by atoms with Gasteiger partial charge in [0, 0.05) is 28.3 Å². The Morgan fingerprint density at radius 2 is 2.10 bits per heavy atom. The van der Waals surface area contributed by atoms with Crippen molar-refractivity contribution in [3.63, 3.8) is 0 Å². The quantitative estimate of drug-likeness (QED) is 0.424. The van der Waals surface area contributed by atoms with Crippen LogP contribution in [0.1, 0.15) is 5.56 Å². The van der Waals surface area contributed by atoms with Crippen LogP contribution in [0.2, 0.25) is 0 Å². The van der Waals surface area contributed by atoms with Crippen LogP contribution in [0.4, 0.5) is 4.39 Å². The minimum atomic E-state index is -0.297. The molecule has 1 aromatic carbocycles. The Hall–Kier alpha value is -1.24. The number of hydrogen-bond donors (Lipinski definition) is 0. The van der Waals surface area contributed by atoms with Crippen molar-refractivity contribution in [2.75, 3.05) is 20.3 Å². The predicted molar refractivity (Wildman–Crippen MR) is 89.4 cm³/mol. The fourth-order valence-electron chi connectivity index (χ4n) is 1.62. The Kier molecular flexibility index (Phi) is 6.35. The van der Waals surface area contributed by atoms with Crippen LogP contribution in [0.5, 0.6) is 5.88 Å². The fraction of sp³-hybridized carbons (Fsp3) is 0.214. The average Bonchev–Trinajstić information content (AvgIpc) is 2.89. The number of methoxy groups -OCH3 is 1. The van der Waals surface area contributed by atoms with Crippen LogP contribution in [0, 0.1) is 17.0 Å². The molecule has 7 heteroatoms. The van der Waals surface area contributed by atoms with Crippen molar-refractivity contribution in [1.29, 1.82) is 0 Å². The van der Waals surface area contributed by atoms with Gasteiger partial charge in [-0.05, 0) is 44.4 Å². The standard InChI is InChI=1S/C14H12FIN2O2S/c1-19-7-8-20-14-11(6-9-21-16)10-17-18(14)13-4-2-12(15)3-5-13/h2-5,10H,7-8H2,1H3. The lowest BCUT2D eigenvalue weighted by atomic mass is 10.3. The summed E-state index contributed by atoms with van der Waals surface area (Å²) in [5.74, 6) is 3.20. The van der Waals surface area contributed by atoms with Crippen LogP contribution >= 0.6 is 30.1 Å². The maximum absolute atomic E-state index is 13.0. The molecule has 2 rings (SSSR count). The lowest BCUT2D eigenvalue weighted by molar-refractivity contribution is 0.142. The molecule has 0 atom stereocenters. The molecule has 4 nitrogen and oxygen atoms in total. The summed E-state index contributed by atoms with van der Waals surface area (Å²) in [5, 5.41) is 7.16. The maximum Gasteiger partial charge on any atom is 0.233 e. The molecule has 0 spiro atoms. The van der Waals surface area contributed by atoms with E-state index in [4.69, 9.17) is 9.47 Å². The van der Waals surface area contributed by atoms with E-state index in [1.54, 1.807) is 30.1 Å². The molecule has 0 unspecified atom stereocenters. The third-order valence-corrected chi connectivity index (χ3v) is 3.39. The molecule has 0 saturated carbocycles. The number of nitrogens with zero attached hydrogens (tertiary/aromatic N) is 2. The van der Waals surface area contributed by atoms with Crippen LogP contribution in [-0.2, 0) is 4.74 Å². The van der Waals surface area contributed by atoms with E-state index in [0.717, 1.165) is 0 Å². The summed E-state index contributed by atoms with van der Waals surface area (Å²) in [6.07, 6.45) is 1.63. The summed E-state index contributed by atoms with van der Waals surface area (Å²) in [6, 6.07) is 6.02. The first-order chi connectivity index (χ1) is 10.3. The molecule has 0 aliphatic carbocycles. The predicted octanol–water partition coefficient (Wildman–Crippen LogP) is 3.43. The molecule has 0 saturated heterocycles. The highest BCUT2D eigenvalue weighted by Gasteiger charge is 2.12. The van der Waals surface area contributed by atoms with Crippen molar-refractivity contribution in [2.24, 2.45) is 0 Å². The Balaban J connectivity index is 2.35. The van der Waals surface area contributed by atoms with Gasteiger partial charge in [0.2, 0.25) is 5.88 Å².